The molecule has 0 fully saturated rings. The minimum absolute atomic E-state index is 0.264. The lowest BCUT2D eigenvalue weighted by Crippen LogP contribution is -2.11. The fraction of sp³-hybridized carbons (Fsp3) is 0.333. The van der Waals surface area contributed by atoms with Gasteiger partial charge < -0.3 is 14.7 Å². The van der Waals surface area contributed by atoms with Crippen LogP contribution < -0.4 is 9.47 Å². The molecule has 0 bridgehead atoms. The first-order chi connectivity index (χ1) is 6.66. The van der Waals surface area contributed by atoms with E-state index >= 15 is 0 Å². The molecule has 1 N–H and O–H groups in total. The normalized spacial score (nSPS) is 13.7. The van der Waals surface area contributed by atoms with Crippen molar-refractivity contribution in [2.24, 2.45) is 0 Å². The molecule has 0 amide bonds. The zero-order valence-electron chi connectivity index (χ0n) is 7.66. The van der Waals surface area contributed by atoms with E-state index in [0.29, 0.717) is 6.54 Å². The molecule has 0 unspecified atom stereocenters. The average molecular weight is 260 g/mol. The monoisotopic (exact) mass is 259 g/mol. The van der Waals surface area contributed by atoms with Gasteiger partial charge in [-0.15, -0.1) is 0 Å². The second-order valence-electron chi connectivity index (χ2n) is 3.11. The first-order valence-electron chi connectivity index (χ1n) is 4.15. The van der Waals surface area contributed by atoms with E-state index in [0.717, 1.165) is 26.6 Å². The zero-order valence-corrected chi connectivity index (χ0v) is 9.24. The van der Waals surface area contributed by atoms with Gasteiger partial charge in [0.2, 0.25) is 6.79 Å². The Labute approximate surface area is 90.1 Å². The highest BCUT2D eigenvalue weighted by molar-refractivity contribution is 9.10. The first-order valence-corrected chi connectivity index (χ1v) is 4.94. The van der Waals surface area contributed by atoms with Gasteiger partial charge in [0.05, 0.1) is 0 Å². The molecule has 1 aliphatic rings. The zero-order chi connectivity index (χ0) is 10.1. The van der Waals surface area contributed by atoms with E-state index in [1.54, 1.807) is 7.05 Å². The summed E-state index contributed by atoms with van der Waals surface area (Å²) in [6.07, 6.45) is 0. The van der Waals surface area contributed by atoms with Gasteiger partial charge in [-0.1, -0.05) is 15.9 Å². The third kappa shape index (κ3) is 1.84. The maximum atomic E-state index is 9.12. The SMILES string of the molecule is CN(O)Cc1cc2c(cc1Br)OCO2. The molecule has 0 atom stereocenters. The van der Waals surface area contributed by atoms with Crippen LogP contribution in [-0.2, 0) is 6.54 Å². The summed E-state index contributed by atoms with van der Waals surface area (Å²) in [7, 11) is 1.59. The van der Waals surface area contributed by atoms with Crippen molar-refractivity contribution in [2.75, 3.05) is 13.8 Å². The van der Waals surface area contributed by atoms with Crippen LogP contribution >= 0.6 is 15.9 Å². The summed E-state index contributed by atoms with van der Waals surface area (Å²) in [4.78, 5) is 0. The van der Waals surface area contributed by atoms with Gasteiger partial charge in [-0.05, 0) is 17.7 Å². The number of halogens is 1. The van der Waals surface area contributed by atoms with Gasteiger partial charge in [0.1, 0.15) is 0 Å². The van der Waals surface area contributed by atoms with Crippen LogP contribution in [0.2, 0.25) is 0 Å². The molecular weight excluding hydrogens is 250 g/mol. The maximum absolute atomic E-state index is 9.12. The lowest BCUT2D eigenvalue weighted by atomic mass is 10.2. The van der Waals surface area contributed by atoms with Gasteiger partial charge >= 0.3 is 0 Å². The van der Waals surface area contributed by atoms with Gasteiger partial charge in [-0.2, -0.15) is 5.06 Å². The molecular formula is C9H10BrNO3. The molecule has 0 saturated carbocycles. The van der Waals surface area contributed by atoms with Gasteiger partial charge in [-0.3, -0.25) is 0 Å². The van der Waals surface area contributed by atoms with Crippen molar-refractivity contribution in [3.8, 4) is 11.5 Å². The van der Waals surface area contributed by atoms with Gasteiger partial charge in [0.25, 0.3) is 0 Å². The van der Waals surface area contributed by atoms with Crippen LogP contribution in [0.25, 0.3) is 0 Å². The average Bonchev–Trinajstić information content (AvgIpc) is 2.51. The first kappa shape index (κ1) is 9.76. The predicted octanol–water partition coefficient (Wildman–Crippen LogP) is 2.00. The van der Waals surface area contributed by atoms with Crippen LogP contribution in [0.3, 0.4) is 0 Å². The van der Waals surface area contributed by atoms with Crippen LogP contribution in [0, 0.1) is 0 Å². The Morgan fingerprint density at radius 2 is 2.07 bits per heavy atom. The smallest absolute Gasteiger partial charge is 0.231 e. The van der Waals surface area contributed by atoms with Crippen LogP contribution in [0.4, 0.5) is 0 Å². The number of rotatable bonds is 2. The number of nitrogens with zero attached hydrogens (tertiary/aromatic N) is 1. The molecule has 5 heteroatoms. The summed E-state index contributed by atoms with van der Waals surface area (Å²) in [5, 5.41) is 10.2. The Kier molecular flexibility index (Phi) is 2.62. The third-order valence-electron chi connectivity index (χ3n) is 1.94. The summed E-state index contributed by atoms with van der Waals surface area (Å²) in [6.45, 7) is 0.706. The number of hydrogen-bond acceptors (Lipinski definition) is 4. The number of benzene rings is 1. The molecule has 14 heavy (non-hydrogen) atoms. The van der Waals surface area contributed by atoms with Crippen LogP contribution in [0.5, 0.6) is 11.5 Å². The van der Waals surface area contributed by atoms with Crippen LogP contribution in [0.1, 0.15) is 5.56 Å². The van der Waals surface area contributed by atoms with Gasteiger partial charge in [-0.25, -0.2) is 0 Å². The molecule has 1 aliphatic heterocycles. The van der Waals surface area contributed by atoms with Crippen molar-refractivity contribution in [1.82, 2.24) is 5.06 Å². The fourth-order valence-electron chi connectivity index (χ4n) is 1.33. The van der Waals surface area contributed by atoms with E-state index in [-0.39, 0.29) is 6.79 Å². The van der Waals surface area contributed by atoms with E-state index in [1.807, 2.05) is 12.1 Å². The molecule has 2 rings (SSSR count). The second-order valence-corrected chi connectivity index (χ2v) is 3.97. The third-order valence-corrected chi connectivity index (χ3v) is 2.68. The minimum Gasteiger partial charge on any atom is -0.454 e. The number of hydrogen-bond donors (Lipinski definition) is 1. The van der Waals surface area contributed by atoms with Crippen LogP contribution in [0.15, 0.2) is 16.6 Å². The van der Waals surface area contributed by atoms with E-state index in [1.165, 1.54) is 0 Å². The van der Waals surface area contributed by atoms with E-state index in [2.05, 4.69) is 15.9 Å². The molecule has 1 heterocycles. The topological polar surface area (TPSA) is 41.9 Å². The quantitative estimate of drug-likeness (QED) is 0.826. The lowest BCUT2D eigenvalue weighted by molar-refractivity contribution is -0.0733. The maximum Gasteiger partial charge on any atom is 0.231 e. The Balaban J connectivity index is 2.32. The number of hydroxylamine groups is 2. The molecule has 0 aliphatic carbocycles. The largest absolute Gasteiger partial charge is 0.454 e. The molecule has 1 aromatic rings. The fourth-order valence-corrected chi connectivity index (χ4v) is 1.77. The van der Waals surface area contributed by atoms with Crippen molar-refractivity contribution in [1.29, 1.82) is 0 Å². The molecule has 0 aromatic heterocycles. The van der Waals surface area contributed by atoms with E-state index < -0.39 is 0 Å². The van der Waals surface area contributed by atoms with Gasteiger partial charge in [0, 0.05) is 18.1 Å². The molecule has 0 saturated heterocycles. The second kappa shape index (κ2) is 3.76. The summed E-state index contributed by atoms with van der Waals surface area (Å²) >= 11 is 3.41. The van der Waals surface area contributed by atoms with Crippen molar-refractivity contribution < 1.29 is 14.7 Å². The predicted molar refractivity (Wildman–Crippen MR) is 53.5 cm³/mol. The Morgan fingerprint density at radius 1 is 1.43 bits per heavy atom. The van der Waals surface area contributed by atoms with E-state index in [9.17, 15) is 0 Å². The molecule has 1 aromatic carbocycles. The summed E-state index contributed by atoms with van der Waals surface area (Å²) in [5.41, 5.74) is 0.958. The molecule has 4 nitrogen and oxygen atoms in total. The Bertz CT molecular complexity index is 354. The Hall–Kier alpha value is -0.780. The molecule has 0 spiro atoms. The number of fused-ring (bicyclic) bond motifs is 1. The van der Waals surface area contributed by atoms with Gasteiger partial charge in [0.15, 0.2) is 11.5 Å². The summed E-state index contributed by atoms with van der Waals surface area (Å²) in [6, 6.07) is 3.71. The minimum atomic E-state index is 0.264. The van der Waals surface area contributed by atoms with Crippen molar-refractivity contribution >= 4 is 15.9 Å². The van der Waals surface area contributed by atoms with Crippen molar-refractivity contribution in [3.63, 3.8) is 0 Å². The highest BCUT2D eigenvalue weighted by atomic mass is 79.9. The van der Waals surface area contributed by atoms with Crippen LogP contribution in [-0.4, -0.2) is 24.1 Å². The van der Waals surface area contributed by atoms with Crippen molar-refractivity contribution in [2.45, 2.75) is 6.54 Å². The standard InChI is InChI=1S/C9H10BrNO3/c1-11(12)4-6-2-8-9(3-7(6)10)14-5-13-8/h2-3,12H,4-5H2,1H3. The lowest BCUT2D eigenvalue weighted by Gasteiger charge is -2.10. The van der Waals surface area contributed by atoms with E-state index in [4.69, 9.17) is 14.7 Å². The van der Waals surface area contributed by atoms with Crippen molar-refractivity contribution in [3.05, 3.63) is 22.2 Å². The Morgan fingerprint density at radius 3 is 2.71 bits per heavy atom. The summed E-state index contributed by atoms with van der Waals surface area (Å²) < 4.78 is 11.3. The summed E-state index contributed by atoms with van der Waals surface area (Å²) in [5.74, 6) is 1.46. The highest BCUT2D eigenvalue weighted by Crippen LogP contribution is 2.37. The number of ether oxygens (including phenoxy) is 2. The highest BCUT2D eigenvalue weighted by Gasteiger charge is 2.16. The molecule has 76 valence electrons. The molecule has 0 radical (unpaired) electrons.